The van der Waals surface area contributed by atoms with Crippen molar-refractivity contribution in [3.8, 4) is 0 Å². The number of benzene rings is 2. The maximum atomic E-state index is 14.5. The first-order valence-electron chi connectivity index (χ1n) is 13.8. The van der Waals surface area contributed by atoms with Gasteiger partial charge in [-0.05, 0) is 53.1 Å². The molecule has 1 aliphatic carbocycles. The molecule has 0 saturated heterocycles. The number of nitrogens with one attached hydrogen (secondary N) is 2. The van der Waals surface area contributed by atoms with Crippen molar-refractivity contribution in [2.45, 2.75) is 83.0 Å². The standard InChI is InChI=1S/C32H38N4O2/c1-32(2,3)24-15-17-26(18-16-24)36(31(38)28-27-14-8-7-10-22(27)21-34-28)29(23-11-9-19-33-20-23)30(37)35-25-12-5-4-6-13-25/h7-11,14-20,25,28-29,34H,4-6,12-13,21H2,1-3H3,(H,35,37). The Kier molecular flexibility index (Phi) is 7.61. The minimum Gasteiger partial charge on any atom is -0.351 e. The van der Waals surface area contributed by atoms with Crippen LogP contribution < -0.4 is 15.5 Å². The Hall–Kier alpha value is -3.51. The lowest BCUT2D eigenvalue weighted by Gasteiger charge is -2.35. The fraction of sp³-hybridized carbons (Fsp3) is 0.406. The summed E-state index contributed by atoms with van der Waals surface area (Å²) in [6.07, 6.45) is 8.76. The summed E-state index contributed by atoms with van der Waals surface area (Å²) in [6.45, 7) is 7.12. The van der Waals surface area contributed by atoms with Crippen LogP contribution in [0.3, 0.4) is 0 Å². The van der Waals surface area contributed by atoms with Gasteiger partial charge >= 0.3 is 0 Å². The van der Waals surface area contributed by atoms with Crippen LogP contribution in [0.1, 0.15) is 87.2 Å². The highest BCUT2D eigenvalue weighted by molar-refractivity contribution is 6.04. The molecule has 1 aliphatic heterocycles. The average molecular weight is 511 g/mol. The van der Waals surface area contributed by atoms with Crippen molar-refractivity contribution in [2.24, 2.45) is 0 Å². The molecule has 198 valence electrons. The zero-order valence-corrected chi connectivity index (χ0v) is 22.6. The van der Waals surface area contributed by atoms with Crippen LogP contribution in [0, 0.1) is 0 Å². The molecule has 2 heterocycles. The van der Waals surface area contributed by atoms with Crippen LogP contribution in [-0.4, -0.2) is 22.8 Å². The minimum atomic E-state index is -0.840. The van der Waals surface area contributed by atoms with E-state index in [1.807, 2.05) is 48.5 Å². The highest BCUT2D eigenvalue weighted by Gasteiger charge is 2.39. The van der Waals surface area contributed by atoms with Gasteiger partial charge in [0, 0.05) is 36.2 Å². The quantitative estimate of drug-likeness (QED) is 0.443. The number of aromatic nitrogens is 1. The predicted octanol–water partition coefficient (Wildman–Crippen LogP) is 5.75. The number of amides is 2. The van der Waals surface area contributed by atoms with E-state index >= 15 is 0 Å². The molecule has 38 heavy (non-hydrogen) atoms. The molecule has 5 rings (SSSR count). The summed E-state index contributed by atoms with van der Waals surface area (Å²) in [5.74, 6) is -0.310. The van der Waals surface area contributed by atoms with Crippen LogP contribution in [0.2, 0.25) is 0 Å². The molecule has 2 atom stereocenters. The second kappa shape index (κ2) is 11.1. The number of carbonyl (C=O) groups is 2. The molecule has 0 spiro atoms. The summed E-state index contributed by atoms with van der Waals surface area (Å²) < 4.78 is 0. The van der Waals surface area contributed by atoms with Gasteiger partial charge < -0.3 is 5.32 Å². The zero-order valence-electron chi connectivity index (χ0n) is 22.6. The van der Waals surface area contributed by atoms with Crippen molar-refractivity contribution in [1.29, 1.82) is 0 Å². The van der Waals surface area contributed by atoms with Gasteiger partial charge in [0.15, 0.2) is 0 Å². The third kappa shape index (κ3) is 5.51. The van der Waals surface area contributed by atoms with Crippen LogP contribution in [0.4, 0.5) is 5.69 Å². The van der Waals surface area contributed by atoms with E-state index in [9.17, 15) is 9.59 Å². The van der Waals surface area contributed by atoms with Gasteiger partial charge in [-0.1, -0.05) is 82.5 Å². The topological polar surface area (TPSA) is 74.3 Å². The van der Waals surface area contributed by atoms with Crippen LogP contribution in [-0.2, 0) is 21.5 Å². The first-order valence-corrected chi connectivity index (χ1v) is 13.8. The van der Waals surface area contributed by atoms with Crippen molar-refractivity contribution in [3.05, 3.63) is 95.3 Å². The molecular weight excluding hydrogens is 472 g/mol. The molecule has 0 bridgehead atoms. The van der Waals surface area contributed by atoms with Gasteiger partial charge in [-0.3, -0.25) is 24.8 Å². The second-order valence-electron chi connectivity index (χ2n) is 11.6. The van der Waals surface area contributed by atoms with Gasteiger partial charge in [0.1, 0.15) is 12.1 Å². The molecule has 2 N–H and O–H groups in total. The lowest BCUT2D eigenvalue weighted by molar-refractivity contribution is -0.128. The first-order chi connectivity index (χ1) is 18.3. The summed E-state index contributed by atoms with van der Waals surface area (Å²) in [7, 11) is 0. The van der Waals surface area contributed by atoms with Gasteiger partial charge in [0.2, 0.25) is 11.8 Å². The Morgan fingerprint density at radius 2 is 1.71 bits per heavy atom. The number of hydrogen-bond acceptors (Lipinski definition) is 4. The molecule has 0 radical (unpaired) electrons. The van der Waals surface area contributed by atoms with E-state index in [-0.39, 0.29) is 23.3 Å². The molecule has 2 aromatic carbocycles. The average Bonchev–Trinajstić information content (AvgIpc) is 3.36. The Balaban J connectivity index is 1.58. The molecule has 6 nitrogen and oxygen atoms in total. The number of nitrogens with zero attached hydrogens (tertiary/aromatic N) is 2. The largest absolute Gasteiger partial charge is 0.351 e. The van der Waals surface area contributed by atoms with E-state index < -0.39 is 12.1 Å². The van der Waals surface area contributed by atoms with Crippen LogP contribution >= 0.6 is 0 Å². The smallest absolute Gasteiger partial charge is 0.249 e. The molecule has 1 fully saturated rings. The van der Waals surface area contributed by atoms with Gasteiger partial charge in [-0.2, -0.15) is 0 Å². The molecular formula is C32H38N4O2. The van der Waals surface area contributed by atoms with Gasteiger partial charge in [0.25, 0.3) is 0 Å². The highest BCUT2D eigenvalue weighted by Crippen LogP contribution is 2.35. The van der Waals surface area contributed by atoms with E-state index in [4.69, 9.17) is 0 Å². The number of anilines is 1. The maximum Gasteiger partial charge on any atom is 0.249 e. The van der Waals surface area contributed by atoms with Crippen molar-refractivity contribution >= 4 is 17.5 Å². The Labute approximate surface area is 225 Å². The van der Waals surface area contributed by atoms with Crippen molar-refractivity contribution in [2.75, 3.05) is 4.90 Å². The SMILES string of the molecule is CC(C)(C)c1ccc(N(C(=O)C2NCc3ccccc32)C(C(=O)NC2CCCCC2)c2cccnc2)cc1. The van der Waals surface area contributed by atoms with Crippen molar-refractivity contribution < 1.29 is 9.59 Å². The summed E-state index contributed by atoms with van der Waals surface area (Å²) >= 11 is 0. The minimum absolute atomic E-state index is 0.0274. The number of pyridine rings is 1. The molecule has 2 amide bonds. The summed E-state index contributed by atoms with van der Waals surface area (Å²) in [5, 5.41) is 6.68. The fourth-order valence-corrected chi connectivity index (χ4v) is 5.67. The van der Waals surface area contributed by atoms with E-state index in [2.05, 4.69) is 48.5 Å². The van der Waals surface area contributed by atoms with Crippen molar-refractivity contribution in [1.82, 2.24) is 15.6 Å². The Morgan fingerprint density at radius 1 is 0.974 bits per heavy atom. The predicted molar refractivity (Wildman–Crippen MR) is 151 cm³/mol. The lowest BCUT2D eigenvalue weighted by Crippen LogP contribution is -2.49. The highest BCUT2D eigenvalue weighted by atomic mass is 16.2. The number of hydrogen-bond donors (Lipinski definition) is 2. The number of fused-ring (bicyclic) bond motifs is 1. The Morgan fingerprint density at radius 3 is 2.39 bits per heavy atom. The van der Waals surface area contributed by atoms with Gasteiger partial charge in [0.05, 0.1) is 0 Å². The summed E-state index contributed by atoms with van der Waals surface area (Å²) in [6, 6.07) is 18.5. The van der Waals surface area contributed by atoms with Crippen molar-refractivity contribution in [3.63, 3.8) is 0 Å². The number of rotatable bonds is 6. The van der Waals surface area contributed by atoms with E-state index in [0.29, 0.717) is 17.8 Å². The lowest BCUT2D eigenvalue weighted by atomic mass is 9.87. The van der Waals surface area contributed by atoms with Crippen LogP contribution in [0.5, 0.6) is 0 Å². The summed E-state index contributed by atoms with van der Waals surface area (Å²) in [5.41, 5.74) is 4.61. The van der Waals surface area contributed by atoms with Gasteiger partial charge in [-0.25, -0.2) is 0 Å². The van der Waals surface area contributed by atoms with Crippen LogP contribution in [0.15, 0.2) is 73.1 Å². The third-order valence-corrected chi connectivity index (χ3v) is 7.82. The molecule has 3 aromatic rings. The van der Waals surface area contributed by atoms with Gasteiger partial charge in [-0.15, -0.1) is 0 Å². The van der Waals surface area contributed by atoms with E-state index in [0.717, 1.165) is 36.8 Å². The molecule has 6 heteroatoms. The fourth-order valence-electron chi connectivity index (χ4n) is 5.67. The van der Waals surface area contributed by atoms with Crippen LogP contribution in [0.25, 0.3) is 0 Å². The second-order valence-corrected chi connectivity index (χ2v) is 11.6. The maximum absolute atomic E-state index is 14.5. The third-order valence-electron chi connectivity index (χ3n) is 7.82. The molecule has 2 aliphatic rings. The Bertz CT molecular complexity index is 1260. The van der Waals surface area contributed by atoms with E-state index in [1.54, 1.807) is 17.3 Å². The molecule has 2 unspecified atom stereocenters. The number of carbonyl (C=O) groups excluding carboxylic acids is 2. The summed E-state index contributed by atoms with van der Waals surface area (Å²) in [4.78, 5) is 34.5. The monoisotopic (exact) mass is 510 g/mol. The first kappa shape index (κ1) is 26.1. The normalized spacial score (nSPS) is 18.4. The van der Waals surface area contributed by atoms with E-state index in [1.165, 1.54) is 12.0 Å². The molecule has 1 saturated carbocycles. The molecule has 1 aromatic heterocycles. The zero-order chi connectivity index (χ0) is 26.7.